The average Bonchev–Trinajstić information content (AvgIpc) is 2.40. The molecule has 0 radical (unpaired) electrons. The average molecular weight is 247 g/mol. The molecule has 2 rings (SSSR count). The normalized spacial score (nSPS) is 18.7. The SMILES string of the molecule is CC(NCCC1CCCCC1)c1cccc(O)c1. The van der Waals surface area contributed by atoms with Crippen molar-refractivity contribution < 1.29 is 5.11 Å². The summed E-state index contributed by atoms with van der Waals surface area (Å²) in [4.78, 5) is 0. The van der Waals surface area contributed by atoms with Gasteiger partial charge in [0.15, 0.2) is 0 Å². The van der Waals surface area contributed by atoms with Gasteiger partial charge in [0.05, 0.1) is 0 Å². The summed E-state index contributed by atoms with van der Waals surface area (Å²) in [5, 5.41) is 13.0. The molecule has 0 bridgehead atoms. The molecule has 1 aliphatic rings. The van der Waals surface area contributed by atoms with Crippen molar-refractivity contribution in [1.82, 2.24) is 5.32 Å². The van der Waals surface area contributed by atoms with Crippen molar-refractivity contribution in [2.45, 2.75) is 51.5 Å². The zero-order valence-corrected chi connectivity index (χ0v) is 11.4. The van der Waals surface area contributed by atoms with Crippen molar-refractivity contribution in [1.29, 1.82) is 0 Å². The second kappa shape index (κ2) is 6.79. The third-order valence-corrected chi connectivity index (χ3v) is 4.10. The topological polar surface area (TPSA) is 32.3 Å². The Balaban J connectivity index is 1.72. The Bertz CT molecular complexity index is 358. The highest BCUT2D eigenvalue weighted by atomic mass is 16.3. The molecule has 2 nitrogen and oxygen atoms in total. The van der Waals surface area contributed by atoms with Crippen LogP contribution in [0.3, 0.4) is 0 Å². The van der Waals surface area contributed by atoms with Gasteiger partial charge in [-0.1, -0.05) is 44.2 Å². The molecule has 1 saturated carbocycles. The Morgan fingerprint density at radius 2 is 2.06 bits per heavy atom. The van der Waals surface area contributed by atoms with Crippen molar-refractivity contribution in [2.75, 3.05) is 6.54 Å². The number of phenolic OH excluding ortho intramolecular Hbond substituents is 1. The summed E-state index contributed by atoms with van der Waals surface area (Å²) in [7, 11) is 0. The number of hydrogen-bond acceptors (Lipinski definition) is 2. The maximum absolute atomic E-state index is 9.46. The van der Waals surface area contributed by atoms with Gasteiger partial charge in [-0.05, 0) is 43.5 Å². The van der Waals surface area contributed by atoms with Crippen LogP contribution in [0.25, 0.3) is 0 Å². The van der Waals surface area contributed by atoms with E-state index >= 15 is 0 Å². The van der Waals surface area contributed by atoms with Crippen LogP contribution < -0.4 is 5.32 Å². The van der Waals surface area contributed by atoms with E-state index in [1.54, 1.807) is 6.07 Å². The van der Waals surface area contributed by atoms with Crippen LogP contribution in [0.5, 0.6) is 5.75 Å². The van der Waals surface area contributed by atoms with Crippen molar-refractivity contribution in [3.63, 3.8) is 0 Å². The first-order valence-electron chi connectivity index (χ1n) is 7.28. The molecule has 0 amide bonds. The second-order valence-corrected chi connectivity index (χ2v) is 5.56. The molecule has 0 aliphatic heterocycles. The molecule has 18 heavy (non-hydrogen) atoms. The van der Waals surface area contributed by atoms with Crippen LogP contribution >= 0.6 is 0 Å². The highest BCUT2D eigenvalue weighted by Crippen LogP contribution is 2.26. The van der Waals surface area contributed by atoms with E-state index in [1.165, 1.54) is 44.1 Å². The number of phenols is 1. The third kappa shape index (κ3) is 4.02. The van der Waals surface area contributed by atoms with Crippen molar-refractivity contribution >= 4 is 0 Å². The number of hydrogen-bond donors (Lipinski definition) is 2. The van der Waals surface area contributed by atoms with Gasteiger partial charge in [0.25, 0.3) is 0 Å². The number of nitrogens with one attached hydrogen (secondary N) is 1. The second-order valence-electron chi connectivity index (χ2n) is 5.56. The molecule has 1 atom stereocenters. The van der Waals surface area contributed by atoms with Gasteiger partial charge >= 0.3 is 0 Å². The minimum Gasteiger partial charge on any atom is -0.508 e. The fraction of sp³-hybridized carbons (Fsp3) is 0.625. The zero-order chi connectivity index (χ0) is 12.8. The molecule has 1 unspecified atom stereocenters. The molecule has 2 N–H and O–H groups in total. The summed E-state index contributed by atoms with van der Waals surface area (Å²) in [6.07, 6.45) is 8.41. The quantitative estimate of drug-likeness (QED) is 0.824. The Morgan fingerprint density at radius 3 is 2.78 bits per heavy atom. The van der Waals surface area contributed by atoms with Gasteiger partial charge in [0.2, 0.25) is 0 Å². The highest BCUT2D eigenvalue weighted by Gasteiger charge is 2.13. The van der Waals surface area contributed by atoms with Gasteiger partial charge in [0.1, 0.15) is 5.75 Å². The molecule has 0 aromatic heterocycles. The molecule has 1 aromatic carbocycles. The van der Waals surface area contributed by atoms with E-state index in [2.05, 4.69) is 18.3 Å². The van der Waals surface area contributed by atoms with Gasteiger partial charge in [-0.15, -0.1) is 0 Å². The van der Waals surface area contributed by atoms with Crippen LogP contribution in [0.4, 0.5) is 0 Å². The lowest BCUT2D eigenvalue weighted by molar-refractivity contribution is 0.329. The molecule has 2 heteroatoms. The van der Waals surface area contributed by atoms with E-state index in [9.17, 15) is 5.11 Å². The number of aromatic hydroxyl groups is 1. The first-order chi connectivity index (χ1) is 8.75. The Kier molecular flexibility index (Phi) is 5.06. The van der Waals surface area contributed by atoms with Crippen molar-refractivity contribution in [2.24, 2.45) is 5.92 Å². The van der Waals surface area contributed by atoms with Gasteiger partial charge in [-0.2, -0.15) is 0 Å². The molecular weight excluding hydrogens is 222 g/mol. The fourth-order valence-electron chi connectivity index (χ4n) is 2.89. The van der Waals surface area contributed by atoms with Crippen LogP contribution in [0.15, 0.2) is 24.3 Å². The molecule has 0 spiro atoms. The Labute approximate surface area is 110 Å². The number of benzene rings is 1. The molecule has 1 fully saturated rings. The van der Waals surface area contributed by atoms with Gasteiger partial charge < -0.3 is 10.4 Å². The van der Waals surface area contributed by atoms with Crippen molar-refractivity contribution in [3.05, 3.63) is 29.8 Å². The molecule has 100 valence electrons. The summed E-state index contributed by atoms with van der Waals surface area (Å²) >= 11 is 0. The standard InChI is InChI=1S/C16H25NO/c1-13(15-8-5-9-16(18)12-15)17-11-10-14-6-3-2-4-7-14/h5,8-9,12-14,17-18H,2-4,6-7,10-11H2,1H3. The summed E-state index contributed by atoms with van der Waals surface area (Å²) in [6.45, 7) is 3.25. The highest BCUT2D eigenvalue weighted by molar-refractivity contribution is 5.28. The minimum absolute atomic E-state index is 0.320. The molecule has 0 heterocycles. The van der Waals surface area contributed by atoms with Crippen LogP contribution in [-0.2, 0) is 0 Å². The zero-order valence-electron chi connectivity index (χ0n) is 11.4. The van der Waals surface area contributed by atoms with Crippen LogP contribution in [-0.4, -0.2) is 11.7 Å². The fourth-order valence-corrected chi connectivity index (χ4v) is 2.89. The smallest absolute Gasteiger partial charge is 0.115 e. The Morgan fingerprint density at radius 1 is 1.28 bits per heavy atom. The lowest BCUT2D eigenvalue weighted by atomic mass is 9.87. The van der Waals surface area contributed by atoms with Gasteiger partial charge in [-0.25, -0.2) is 0 Å². The van der Waals surface area contributed by atoms with Crippen LogP contribution in [0.2, 0.25) is 0 Å². The van der Waals surface area contributed by atoms with E-state index in [4.69, 9.17) is 0 Å². The first kappa shape index (κ1) is 13.4. The summed E-state index contributed by atoms with van der Waals surface area (Å²) in [6, 6.07) is 7.86. The molecule has 0 saturated heterocycles. The van der Waals surface area contributed by atoms with Gasteiger partial charge in [0, 0.05) is 6.04 Å². The van der Waals surface area contributed by atoms with E-state index in [0.717, 1.165) is 12.5 Å². The third-order valence-electron chi connectivity index (χ3n) is 4.10. The van der Waals surface area contributed by atoms with Gasteiger partial charge in [-0.3, -0.25) is 0 Å². The summed E-state index contributed by atoms with van der Waals surface area (Å²) in [5.41, 5.74) is 1.17. The maximum atomic E-state index is 9.46. The number of rotatable bonds is 5. The lowest BCUT2D eigenvalue weighted by Crippen LogP contribution is -2.22. The molecule has 1 aliphatic carbocycles. The van der Waals surface area contributed by atoms with E-state index in [1.807, 2.05) is 12.1 Å². The largest absolute Gasteiger partial charge is 0.508 e. The molecular formula is C16H25NO. The predicted octanol–water partition coefficient (Wildman–Crippen LogP) is 4.01. The van der Waals surface area contributed by atoms with E-state index in [0.29, 0.717) is 11.8 Å². The first-order valence-corrected chi connectivity index (χ1v) is 7.28. The Hall–Kier alpha value is -1.02. The van der Waals surface area contributed by atoms with Crippen molar-refractivity contribution in [3.8, 4) is 5.75 Å². The van der Waals surface area contributed by atoms with E-state index < -0.39 is 0 Å². The van der Waals surface area contributed by atoms with Crippen LogP contribution in [0, 0.1) is 5.92 Å². The lowest BCUT2D eigenvalue weighted by Gasteiger charge is -2.22. The summed E-state index contributed by atoms with van der Waals surface area (Å²) < 4.78 is 0. The minimum atomic E-state index is 0.320. The maximum Gasteiger partial charge on any atom is 0.115 e. The van der Waals surface area contributed by atoms with E-state index in [-0.39, 0.29) is 0 Å². The molecule has 1 aromatic rings. The van der Waals surface area contributed by atoms with Crippen LogP contribution in [0.1, 0.15) is 57.1 Å². The summed E-state index contributed by atoms with van der Waals surface area (Å²) in [5.74, 6) is 1.29. The monoisotopic (exact) mass is 247 g/mol. The predicted molar refractivity (Wildman–Crippen MR) is 75.7 cm³/mol.